The number of carbonyl (C=O) groups excluding carboxylic acids is 1. The molecule has 4 nitrogen and oxygen atoms in total. The predicted molar refractivity (Wildman–Crippen MR) is 80.0 cm³/mol. The van der Waals surface area contributed by atoms with Gasteiger partial charge in [-0.2, -0.15) is 0 Å². The van der Waals surface area contributed by atoms with Crippen LogP contribution in [0, 0.1) is 0 Å². The number of pyridine rings is 1. The summed E-state index contributed by atoms with van der Waals surface area (Å²) in [4.78, 5) is 18.5. The van der Waals surface area contributed by atoms with Crippen molar-refractivity contribution in [3.05, 3.63) is 36.0 Å². The van der Waals surface area contributed by atoms with Crippen molar-refractivity contribution >= 4 is 11.9 Å². The summed E-state index contributed by atoms with van der Waals surface area (Å²) in [6, 6.07) is 4.05. The van der Waals surface area contributed by atoms with Gasteiger partial charge in [0.05, 0.1) is 0 Å². The zero-order chi connectivity index (χ0) is 14.8. The van der Waals surface area contributed by atoms with Crippen LogP contribution >= 0.6 is 0 Å². The van der Waals surface area contributed by atoms with Crippen molar-refractivity contribution in [1.29, 1.82) is 0 Å². The van der Waals surface area contributed by atoms with Gasteiger partial charge in [0.15, 0.2) is 0 Å². The number of anilines is 1. The van der Waals surface area contributed by atoms with Crippen LogP contribution in [0.3, 0.4) is 0 Å². The average Bonchev–Trinajstić information content (AvgIpc) is 2.36. The number of aryl methyl sites for hydroxylation is 1. The van der Waals surface area contributed by atoms with Gasteiger partial charge in [0.2, 0.25) is 0 Å². The first-order valence-electron chi connectivity index (χ1n) is 7.01. The van der Waals surface area contributed by atoms with E-state index in [1.807, 2.05) is 32.9 Å². The molecule has 1 aliphatic heterocycles. The van der Waals surface area contributed by atoms with Gasteiger partial charge in [0, 0.05) is 18.7 Å². The molecule has 0 unspecified atom stereocenters. The van der Waals surface area contributed by atoms with Gasteiger partial charge in [-0.05, 0) is 45.2 Å². The van der Waals surface area contributed by atoms with Crippen LogP contribution in [0.5, 0.6) is 0 Å². The molecule has 0 saturated heterocycles. The molecular formula is C16H22N2O2. The van der Waals surface area contributed by atoms with E-state index in [1.54, 1.807) is 4.90 Å². The molecule has 0 aliphatic carbocycles. The lowest BCUT2D eigenvalue weighted by Crippen LogP contribution is -2.40. The molecular weight excluding hydrogens is 252 g/mol. The second kappa shape index (κ2) is 5.65. The fourth-order valence-electron chi connectivity index (χ4n) is 2.24. The lowest BCUT2D eigenvalue weighted by atomic mass is 10.1. The van der Waals surface area contributed by atoms with E-state index < -0.39 is 5.60 Å². The highest BCUT2D eigenvalue weighted by Crippen LogP contribution is 2.27. The third kappa shape index (κ3) is 3.38. The van der Waals surface area contributed by atoms with Gasteiger partial charge in [-0.15, -0.1) is 6.58 Å². The Morgan fingerprint density at radius 1 is 1.50 bits per heavy atom. The van der Waals surface area contributed by atoms with Crippen LogP contribution in [0.1, 0.15) is 38.4 Å². The Labute approximate surface area is 120 Å². The van der Waals surface area contributed by atoms with Crippen molar-refractivity contribution in [1.82, 2.24) is 4.98 Å². The first kappa shape index (κ1) is 14.6. The van der Waals surface area contributed by atoms with Crippen molar-refractivity contribution in [3.63, 3.8) is 0 Å². The molecule has 1 aromatic heterocycles. The molecule has 1 aromatic rings. The first-order valence-corrected chi connectivity index (χ1v) is 7.01. The molecule has 0 atom stereocenters. The molecule has 4 heteroatoms. The largest absolute Gasteiger partial charge is 0.443 e. The number of fused-ring (bicyclic) bond motifs is 1. The lowest BCUT2D eigenvalue weighted by molar-refractivity contribution is 0.0576. The van der Waals surface area contributed by atoms with E-state index in [4.69, 9.17) is 4.74 Å². The number of allylic oxidation sites excluding steroid dienone is 1. The Morgan fingerprint density at radius 2 is 2.25 bits per heavy atom. The Hall–Kier alpha value is -1.84. The molecule has 0 bridgehead atoms. The topological polar surface area (TPSA) is 42.4 Å². The summed E-state index contributed by atoms with van der Waals surface area (Å²) in [5, 5.41) is 0. The molecule has 0 N–H and O–H groups in total. The number of hydrogen-bond donors (Lipinski definition) is 0. The summed E-state index contributed by atoms with van der Waals surface area (Å²) >= 11 is 0. The van der Waals surface area contributed by atoms with Crippen LogP contribution in [0.4, 0.5) is 10.6 Å². The zero-order valence-corrected chi connectivity index (χ0v) is 12.5. The summed E-state index contributed by atoms with van der Waals surface area (Å²) in [5.41, 5.74) is 1.54. The van der Waals surface area contributed by atoms with Gasteiger partial charge in [0.25, 0.3) is 0 Å². The molecule has 0 spiro atoms. The van der Waals surface area contributed by atoms with Crippen molar-refractivity contribution in [3.8, 4) is 0 Å². The van der Waals surface area contributed by atoms with Gasteiger partial charge in [-0.3, -0.25) is 4.90 Å². The third-order valence-corrected chi connectivity index (χ3v) is 3.06. The van der Waals surface area contributed by atoms with E-state index >= 15 is 0 Å². The number of carbonyl (C=O) groups is 1. The first-order chi connectivity index (χ1) is 9.40. The molecule has 20 heavy (non-hydrogen) atoms. The van der Waals surface area contributed by atoms with Gasteiger partial charge in [-0.25, -0.2) is 9.78 Å². The monoisotopic (exact) mass is 274 g/mol. The maximum absolute atomic E-state index is 12.3. The van der Waals surface area contributed by atoms with Crippen LogP contribution < -0.4 is 4.90 Å². The molecule has 0 radical (unpaired) electrons. The maximum atomic E-state index is 12.3. The van der Waals surface area contributed by atoms with Gasteiger partial charge < -0.3 is 4.74 Å². The van der Waals surface area contributed by atoms with E-state index in [0.717, 1.165) is 29.9 Å². The summed E-state index contributed by atoms with van der Waals surface area (Å²) in [6.07, 6.45) is 4.09. The van der Waals surface area contributed by atoms with E-state index in [1.165, 1.54) is 0 Å². The number of nitrogens with zero attached hydrogens (tertiary/aromatic N) is 2. The smallest absolute Gasteiger partial charge is 0.416 e. The molecule has 108 valence electrons. The van der Waals surface area contributed by atoms with Crippen molar-refractivity contribution in [2.24, 2.45) is 0 Å². The van der Waals surface area contributed by atoms with Crippen molar-refractivity contribution in [2.45, 2.75) is 45.6 Å². The number of aromatic nitrogens is 1. The van der Waals surface area contributed by atoms with Crippen LogP contribution in [0.25, 0.3) is 0 Å². The molecule has 2 rings (SSSR count). The van der Waals surface area contributed by atoms with E-state index in [-0.39, 0.29) is 6.09 Å². The third-order valence-electron chi connectivity index (χ3n) is 3.06. The van der Waals surface area contributed by atoms with Crippen LogP contribution in [-0.2, 0) is 17.6 Å². The SMILES string of the molecule is C=CCc1ccc2c(n1)N(C(=O)OC(C)(C)C)CCC2. The highest BCUT2D eigenvalue weighted by molar-refractivity contribution is 5.88. The van der Waals surface area contributed by atoms with Crippen molar-refractivity contribution < 1.29 is 9.53 Å². The summed E-state index contributed by atoms with van der Waals surface area (Å²) < 4.78 is 5.46. The minimum Gasteiger partial charge on any atom is -0.443 e. The standard InChI is InChI=1S/C16H22N2O2/c1-5-7-13-10-9-12-8-6-11-18(14(12)17-13)15(19)20-16(2,3)4/h5,9-10H,1,6-8,11H2,2-4H3. The average molecular weight is 274 g/mol. The summed E-state index contributed by atoms with van der Waals surface area (Å²) in [6.45, 7) is 10.0. The normalized spacial score (nSPS) is 14.7. The Bertz CT molecular complexity index is 518. The fraction of sp³-hybridized carbons (Fsp3) is 0.500. The minimum absolute atomic E-state index is 0.318. The molecule has 0 fully saturated rings. The van der Waals surface area contributed by atoms with Gasteiger partial charge >= 0.3 is 6.09 Å². The van der Waals surface area contributed by atoms with Crippen LogP contribution in [-0.4, -0.2) is 23.2 Å². The number of amides is 1. The van der Waals surface area contributed by atoms with Crippen LogP contribution in [0.15, 0.2) is 24.8 Å². The quantitative estimate of drug-likeness (QED) is 0.775. The van der Waals surface area contributed by atoms with E-state index in [0.29, 0.717) is 13.0 Å². The summed E-state index contributed by atoms with van der Waals surface area (Å²) in [7, 11) is 0. The number of rotatable bonds is 2. The number of hydrogen-bond acceptors (Lipinski definition) is 3. The summed E-state index contributed by atoms with van der Waals surface area (Å²) in [5.74, 6) is 0.741. The predicted octanol–water partition coefficient (Wildman–Crippen LogP) is 3.50. The molecule has 2 heterocycles. The van der Waals surface area contributed by atoms with Gasteiger partial charge in [0.1, 0.15) is 11.4 Å². The van der Waals surface area contributed by atoms with E-state index in [9.17, 15) is 4.79 Å². The fourth-order valence-corrected chi connectivity index (χ4v) is 2.24. The second-order valence-corrected chi connectivity index (χ2v) is 6.01. The Morgan fingerprint density at radius 3 is 2.90 bits per heavy atom. The molecule has 0 aromatic carbocycles. The highest BCUT2D eigenvalue weighted by Gasteiger charge is 2.28. The Balaban J connectivity index is 2.28. The molecule has 0 saturated carbocycles. The zero-order valence-electron chi connectivity index (χ0n) is 12.5. The van der Waals surface area contributed by atoms with Crippen molar-refractivity contribution in [2.75, 3.05) is 11.4 Å². The number of ether oxygens (including phenoxy) is 1. The van der Waals surface area contributed by atoms with Crippen LogP contribution in [0.2, 0.25) is 0 Å². The van der Waals surface area contributed by atoms with E-state index in [2.05, 4.69) is 17.6 Å². The minimum atomic E-state index is -0.493. The lowest BCUT2D eigenvalue weighted by Gasteiger charge is -2.31. The second-order valence-electron chi connectivity index (χ2n) is 6.01. The maximum Gasteiger partial charge on any atom is 0.416 e. The highest BCUT2D eigenvalue weighted by atomic mass is 16.6. The molecule has 1 aliphatic rings. The molecule has 1 amide bonds. The van der Waals surface area contributed by atoms with Gasteiger partial charge in [-0.1, -0.05) is 12.1 Å². The Kier molecular flexibility index (Phi) is 4.12.